The average molecular weight is 234 g/mol. The molecule has 0 aromatic heterocycles. The molecule has 3 nitrogen and oxygen atoms in total. The van der Waals surface area contributed by atoms with Gasteiger partial charge in [0.05, 0.1) is 13.2 Å². The van der Waals surface area contributed by atoms with Crippen molar-refractivity contribution >= 4 is 11.5 Å². The summed E-state index contributed by atoms with van der Waals surface area (Å²) in [5.41, 5.74) is 2.45. The number of carbonyl (C=O) groups excluding carboxylic acids is 1. The zero-order valence-electron chi connectivity index (χ0n) is 10.5. The van der Waals surface area contributed by atoms with E-state index < -0.39 is 0 Å². The zero-order chi connectivity index (χ0) is 12.7. The molecule has 0 fully saturated rings. The Bertz CT molecular complexity index is 393. The SMILES string of the molecule is CCOC(=O)/C(C)=C(/COC)c1ccccc1. The highest BCUT2D eigenvalue weighted by Crippen LogP contribution is 2.19. The van der Waals surface area contributed by atoms with E-state index in [1.807, 2.05) is 30.3 Å². The van der Waals surface area contributed by atoms with E-state index in [2.05, 4.69) is 0 Å². The van der Waals surface area contributed by atoms with Crippen molar-refractivity contribution in [3.05, 3.63) is 41.5 Å². The smallest absolute Gasteiger partial charge is 0.334 e. The molecule has 0 N–H and O–H groups in total. The Hall–Kier alpha value is -1.61. The van der Waals surface area contributed by atoms with Crippen LogP contribution in [0.25, 0.3) is 5.57 Å². The van der Waals surface area contributed by atoms with Crippen molar-refractivity contribution in [1.82, 2.24) is 0 Å². The van der Waals surface area contributed by atoms with Crippen LogP contribution < -0.4 is 0 Å². The lowest BCUT2D eigenvalue weighted by molar-refractivity contribution is -0.138. The molecule has 0 aliphatic carbocycles. The molecule has 0 radical (unpaired) electrons. The molecule has 1 rings (SSSR count). The fourth-order valence-electron chi connectivity index (χ4n) is 1.55. The first kappa shape index (κ1) is 13.5. The summed E-state index contributed by atoms with van der Waals surface area (Å²) in [6, 6.07) is 9.72. The standard InChI is InChI=1S/C14H18O3/c1-4-17-14(15)11(2)13(10-16-3)12-8-6-5-7-9-12/h5-9H,4,10H2,1-3H3/b13-11-. The van der Waals surface area contributed by atoms with Gasteiger partial charge in [0.1, 0.15) is 0 Å². The van der Waals surface area contributed by atoms with Crippen molar-refractivity contribution in [3.63, 3.8) is 0 Å². The third kappa shape index (κ3) is 3.71. The van der Waals surface area contributed by atoms with Crippen molar-refractivity contribution in [2.24, 2.45) is 0 Å². The van der Waals surface area contributed by atoms with Crippen molar-refractivity contribution in [1.29, 1.82) is 0 Å². The molecule has 1 aromatic carbocycles. The molecule has 0 aliphatic heterocycles. The number of rotatable bonds is 5. The van der Waals surface area contributed by atoms with Gasteiger partial charge in [-0.2, -0.15) is 0 Å². The van der Waals surface area contributed by atoms with Crippen LogP contribution in [0.15, 0.2) is 35.9 Å². The van der Waals surface area contributed by atoms with Crippen LogP contribution in [0, 0.1) is 0 Å². The van der Waals surface area contributed by atoms with Gasteiger partial charge < -0.3 is 9.47 Å². The molecule has 1 aromatic rings. The number of hydrogen-bond acceptors (Lipinski definition) is 3. The molecule has 0 saturated carbocycles. The van der Waals surface area contributed by atoms with E-state index in [-0.39, 0.29) is 5.97 Å². The van der Waals surface area contributed by atoms with Crippen LogP contribution in [-0.4, -0.2) is 26.3 Å². The second-order valence-corrected chi connectivity index (χ2v) is 3.62. The van der Waals surface area contributed by atoms with E-state index in [0.717, 1.165) is 11.1 Å². The summed E-state index contributed by atoms with van der Waals surface area (Å²) in [6.45, 7) is 4.34. The van der Waals surface area contributed by atoms with E-state index in [1.165, 1.54) is 0 Å². The average Bonchev–Trinajstić information content (AvgIpc) is 2.36. The maximum Gasteiger partial charge on any atom is 0.334 e. The maximum atomic E-state index is 11.7. The molecular formula is C14H18O3. The normalized spacial score (nSPS) is 11.9. The van der Waals surface area contributed by atoms with Crippen molar-refractivity contribution < 1.29 is 14.3 Å². The van der Waals surface area contributed by atoms with Gasteiger partial charge in [0, 0.05) is 12.7 Å². The number of carbonyl (C=O) groups is 1. The predicted molar refractivity (Wildman–Crippen MR) is 67.5 cm³/mol. The van der Waals surface area contributed by atoms with E-state index in [9.17, 15) is 4.79 Å². The van der Waals surface area contributed by atoms with Gasteiger partial charge in [-0.1, -0.05) is 30.3 Å². The molecule has 0 amide bonds. The van der Waals surface area contributed by atoms with Crippen molar-refractivity contribution in [2.75, 3.05) is 20.3 Å². The number of hydrogen-bond donors (Lipinski definition) is 0. The number of esters is 1. The number of methoxy groups -OCH3 is 1. The first-order valence-corrected chi connectivity index (χ1v) is 5.62. The lowest BCUT2D eigenvalue weighted by atomic mass is 10.0. The fourth-order valence-corrected chi connectivity index (χ4v) is 1.55. The van der Waals surface area contributed by atoms with E-state index in [1.54, 1.807) is 21.0 Å². The molecule has 92 valence electrons. The zero-order valence-corrected chi connectivity index (χ0v) is 10.5. The van der Waals surface area contributed by atoms with Gasteiger partial charge in [0.25, 0.3) is 0 Å². The second kappa shape index (κ2) is 6.86. The summed E-state index contributed by atoms with van der Waals surface area (Å²) in [4.78, 5) is 11.7. The van der Waals surface area contributed by atoms with Gasteiger partial charge in [-0.05, 0) is 25.0 Å². The highest BCUT2D eigenvalue weighted by Gasteiger charge is 2.13. The summed E-state index contributed by atoms with van der Waals surface area (Å²) in [7, 11) is 1.61. The fraction of sp³-hybridized carbons (Fsp3) is 0.357. The molecule has 0 spiro atoms. The minimum absolute atomic E-state index is 0.289. The molecule has 0 heterocycles. The Labute approximate surface area is 102 Å². The lowest BCUT2D eigenvalue weighted by Crippen LogP contribution is -2.09. The van der Waals surface area contributed by atoms with Gasteiger partial charge in [0.2, 0.25) is 0 Å². The largest absolute Gasteiger partial charge is 0.463 e. The Morgan fingerprint density at radius 2 is 1.88 bits per heavy atom. The summed E-state index contributed by atoms with van der Waals surface area (Å²) < 4.78 is 10.1. The Morgan fingerprint density at radius 3 is 2.41 bits per heavy atom. The van der Waals surface area contributed by atoms with Crippen LogP contribution in [0.3, 0.4) is 0 Å². The predicted octanol–water partition coefficient (Wildman–Crippen LogP) is 2.67. The third-order valence-electron chi connectivity index (χ3n) is 2.45. The van der Waals surface area contributed by atoms with Gasteiger partial charge in [0.15, 0.2) is 0 Å². The Morgan fingerprint density at radius 1 is 1.24 bits per heavy atom. The van der Waals surface area contributed by atoms with Crippen molar-refractivity contribution in [3.8, 4) is 0 Å². The van der Waals surface area contributed by atoms with Crippen LogP contribution in [-0.2, 0) is 14.3 Å². The van der Waals surface area contributed by atoms with Crippen LogP contribution in [0.1, 0.15) is 19.4 Å². The van der Waals surface area contributed by atoms with Gasteiger partial charge in [-0.3, -0.25) is 0 Å². The summed E-state index contributed by atoms with van der Waals surface area (Å²) >= 11 is 0. The van der Waals surface area contributed by atoms with Crippen LogP contribution in [0.5, 0.6) is 0 Å². The van der Waals surface area contributed by atoms with E-state index >= 15 is 0 Å². The Balaban J connectivity index is 3.07. The van der Waals surface area contributed by atoms with E-state index in [0.29, 0.717) is 18.8 Å². The molecule has 0 unspecified atom stereocenters. The van der Waals surface area contributed by atoms with E-state index in [4.69, 9.17) is 9.47 Å². The second-order valence-electron chi connectivity index (χ2n) is 3.62. The minimum atomic E-state index is -0.289. The number of ether oxygens (including phenoxy) is 2. The van der Waals surface area contributed by atoms with Crippen molar-refractivity contribution in [2.45, 2.75) is 13.8 Å². The summed E-state index contributed by atoms with van der Waals surface area (Å²) in [6.07, 6.45) is 0. The first-order valence-electron chi connectivity index (χ1n) is 5.62. The molecule has 0 atom stereocenters. The molecular weight excluding hydrogens is 216 g/mol. The maximum absolute atomic E-state index is 11.7. The van der Waals surface area contributed by atoms with Crippen LogP contribution in [0.4, 0.5) is 0 Å². The third-order valence-corrected chi connectivity index (χ3v) is 2.45. The van der Waals surface area contributed by atoms with Crippen LogP contribution in [0.2, 0.25) is 0 Å². The monoisotopic (exact) mass is 234 g/mol. The topological polar surface area (TPSA) is 35.5 Å². The highest BCUT2D eigenvalue weighted by atomic mass is 16.5. The van der Waals surface area contributed by atoms with Crippen LogP contribution >= 0.6 is 0 Å². The highest BCUT2D eigenvalue weighted by molar-refractivity contribution is 5.97. The molecule has 17 heavy (non-hydrogen) atoms. The molecule has 0 aliphatic rings. The van der Waals surface area contributed by atoms with Gasteiger partial charge in [-0.15, -0.1) is 0 Å². The molecule has 0 bridgehead atoms. The number of benzene rings is 1. The minimum Gasteiger partial charge on any atom is -0.463 e. The quantitative estimate of drug-likeness (QED) is 0.580. The van der Waals surface area contributed by atoms with Gasteiger partial charge >= 0.3 is 5.97 Å². The first-order chi connectivity index (χ1) is 8.20. The summed E-state index contributed by atoms with van der Waals surface area (Å²) in [5.74, 6) is -0.289. The van der Waals surface area contributed by atoms with Gasteiger partial charge in [-0.25, -0.2) is 4.79 Å². The lowest BCUT2D eigenvalue weighted by Gasteiger charge is -2.11. The molecule has 0 saturated heterocycles. The molecule has 3 heteroatoms. The summed E-state index contributed by atoms with van der Waals surface area (Å²) in [5, 5.41) is 0. The Kier molecular flexibility index (Phi) is 5.43.